The number of aryl methyl sites for hydroxylation is 1. The van der Waals surface area contributed by atoms with Crippen LogP contribution >= 0.6 is 0 Å². The molecule has 18 heavy (non-hydrogen) atoms. The van der Waals surface area contributed by atoms with E-state index in [1.807, 2.05) is 18.2 Å². The zero-order valence-corrected chi connectivity index (χ0v) is 12.3. The van der Waals surface area contributed by atoms with Crippen LogP contribution in [0.25, 0.3) is 0 Å². The Balaban J connectivity index is 1.93. The summed E-state index contributed by atoms with van der Waals surface area (Å²) in [5.41, 5.74) is 2.35. The second kappa shape index (κ2) is 6.75. The molecule has 0 spiro atoms. The number of aliphatic hydroxyl groups excluding tert-OH is 1. The number of hydrogen-bond donors (Lipinski definition) is 1. The van der Waals surface area contributed by atoms with Gasteiger partial charge in [-0.25, -0.2) is 0 Å². The second-order valence-corrected chi connectivity index (χ2v) is 6.53. The van der Waals surface area contributed by atoms with E-state index in [4.69, 9.17) is 0 Å². The summed E-state index contributed by atoms with van der Waals surface area (Å²) in [6.45, 7) is 2.14. The van der Waals surface area contributed by atoms with Crippen LogP contribution in [0.2, 0.25) is 5.32 Å². The Labute approximate surface area is 115 Å². The maximum atomic E-state index is 10.2. The molecule has 0 heterocycles. The van der Waals surface area contributed by atoms with Crippen LogP contribution in [-0.4, -0.2) is 20.1 Å². The van der Waals surface area contributed by atoms with Crippen LogP contribution in [-0.2, 0) is 6.42 Å². The van der Waals surface area contributed by atoms with Gasteiger partial charge in [-0.3, -0.25) is 0 Å². The fourth-order valence-corrected chi connectivity index (χ4v) is 3.64. The van der Waals surface area contributed by atoms with Gasteiger partial charge in [0.1, 0.15) is 0 Å². The Hall–Kier alpha value is -1.08. The van der Waals surface area contributed by atoms with Crippen LogP contribution in [0.4, 0.5) is 0 Å². The van der Waals surface area contributed by atoms with Crippen molar-refractivity contribution in [2.24, 2.45) is 0 Å². The number of benzene rings is 2. The first kappa shape index (κ1) is 13.4. The summed E-state index contributed by atoms with van der Waals surface area (Å²) in [6, 6.07) is 18.7. The maximum absolute atomic E-state index is 10.2. The zero-order valence-electron chi connectivity index (χ0n) is 10.5. The molecule has 94 valence electrons. The predicted molar refractivity (Wildman–Crippen MR) is 77.4 cm³/mol. The zero-order chi connectivity index (χ0) is 12.8. The number of aliphatic hydroxyl groups is 1. The van der Waals surface area contributed by atoms with Crippen molar-refractivity contribution in [3.63, 3.8) is 0 Å². The molecule has 1 atom stereocenters. The summed E-state index contributed by atoms with van der Waals surface area (Å²) in [4.78, 5) is 0. The molecule has 2 aromatic rings. The first-order chi connectivity index (χ1) is 8.79. The topological polar surface area (TPSA) is 20.2 Å². The minimum atomic E-state index is -0.337. The molecule has 1 nitrogen and oxygen atoms in total. The molecule has 0 saturated heterocycles. The van der Waals surface area contributed by atoms with E-state index in [9.17, 15) is 5.11 Å². The predicted octanol–water partition coefficient (Wildman–Crippen LogP) is 2.73. The molecule has 0 aliphatic carbocycles. The van der Waals surface area contributed by atoms with Gasteiger partial charge in [0.2, 0.25) is 0 Å². The van der Waals surface area contributed by atoms with Crippen LogP contribution < -0.4 is 4.46 Å². The molecule has 2 rings (SSSR count). The van der Waals surface area contributed by atoms with E-state index >= 15 is 0 Å². The summed E-state index contributed by atoms with van der Waals surface area (Å²) < 4.78 is 1.34. The van der Waals surface area contributed by atoms with Crippen LogP contribution in [0.1, 0.15) is 24.2 Å². The normalized spacial score (nSPS) is 12.3. The summed E-state index contributed by atoms with van der Waals surface area (Å²) >= 11 is 0.337. The quantitative estimate of drug-likeness (QED) is 0.842. The minimum absolute atomic E-state index is 0.337. The Bertz CT molecular complexity index is 464. The van der Waals surface area contributed by atoms with E-state index in [-0.39, 0.29) is 6.10 Å². The van der Waals surface area contributed by atoms with Gasteiger partial charge in [0, 0.05) is 0 Å². The summed E-state index contributed by atoms with van der Waals surface area (Å²) in [6.07, 6.45) is 0.709. The Morgan fingerprint density at radius 2 is 1.67 bits per heavy atom. The van der Waals surface area contributed by atoms with Gasteiger partial charge < -0.3 is 0 Å². The molecular formula is C16H18OSe. The van der Waals surface area contributed by atoms with Gasteiger partial charge >= 0.3 is 115 Å². The fourth-order valence-electron chi connectivity index (χ4n) is 1.76. The summed E-state index contributed by atoms with van der Waals surface area (Å²) in [5.74, 6) is 0. The molecule has 0 amide bonds. The van der Waals surface area contributed by atoms with Gasteiger partial charge in [0.05, 0.1) is 0 Å². The monoisotopic (exact) mass is 306 g/mol. The number of hydrogen-bond acceptors (Lipinski definition) is 1. The van der Waals surface area contributed by atoms with Gasteiger partial charge in [-0.15, -0.1) is 0 Å². The van der Waals surface area contributed by atoms with Gasteiger partial charge in [0.25, 0.3) is 0 Å². The number of rotatable bonds is 5. The van der Waals surface area contributed by atoms with Gasteiger partial charge in [-0.05, 0) is 0 Å². The SMILES string of the molecule is CCc1ccc(C(O)C[Se]c2ccccc2)cc1. The van der Waals surface area contributed by atoms with Crippen molar-refractivity contribution in [3.8, 4) is 0 Å². The van der Waals surface area contributed by atoms with Gasteiger partial charge in [-0.2, -0.15) is 0 Å². The van der Waals surface area contributed by atoms with Crippen molar-refractivity contribution in [1.82, 2.24) is 0 Å². The van der Waals surface area contributed by atoms with E-state index < -0.39 is 0 Å². The van der Waals surface area contributed by atoms with Crippen molar-refractivity contribution in [3.05, 3.63) is 65.7 Å². The van der Waals surface area contributed by atoms with Crippen molar-refractivity contribution >= 4 is 19.4 Å². The molecule has 2 heteroatoms. The van der Waals surface area contributed by atoms with Crippen LogP contribution in [0, 0.1) is 0 Å². The van der Waals surface area contributed by atoms with Crippen molar-refractivity contribution < 1.29 is 5.11 Å². The molecule has 0 bridgehead atoms. The molecule has 0 saturated carbocycles. The fraction of sp³-hybridized carbons (Fsp3) is 0.250. The molecule has 0 radical (unpaired) electrons. The molecule has 0 fully saturated rings. The van der Waals surface area contributed by atoms with Gasteiger partial charge in [-0.1, -0.05) is 0 Å². The Morgan fingerprint density at radius 3 is 2.28 bits per heavy atom. The van der Waals surface area contributed by atoms with E-state index in [0.717, 1.165) is 17.3 Å². The molecule has 2 aromatic carbocycles. The molecule has 0 aromatic heterocycles. The van der Waals surface area contributed by atoms with Crippen molar-refractivity contribution in [2.75, 3.05) is 0 Å². The Kier molecular flexibility index (Phi) is 5.00. The molecular weight excluding hydrogens is 287 g/mol. The van der Waals surface area contributed by atoms with E-state index in [2.05, 4.69) is 43.3 Å². The first-order valence-electron chi connectivity index (χ1n) is 6.24. The van der Waals surface area contributed by atoms with Crippen LogP contribution in [0.5, 0.6) is 0 Å². The van der Waals surface area contributed by atoms with Gasteiger partial charge in [0.15, 0.2) is 0 Å². The van der Waals surface area contributed by atoms with E-state index in [1.165, 1.54) is 10.0 Å². The third kappa shape index (κ3) is 3.71. The van der Waals surface area contributed by atoms with Crippen molar-refractivity contribution in [1.29, 1.82) is 0 Å². The average molecular weight is 305 g/mol. The third-order valence-corrected chi connectivity index (χ3v) is 5.21. The molecule has 1 unspecified atom stereocenters. The Morgan fingerprint density at radius 1 is 1.00 bits per heavy atom. The molecule has 0 aliphatic rings. The standard InChI is InChI=1S/C16H18OSe/c1-2-13-8-10-14(11-9-13)16(17)12-18-15-6-4-3-5-7-15/h3-11,16-17H,2,12H2,1H3. The first-order valence-corrected chi connectivity index (χ1v) is 8.31. The van der Waals surface area contributed by atoms with Crippen LogP contribution in [0.15, 0.2) is 54.6 Å². The average Bonchev–Trinajstić information content (AvgIpc) is 2.46. The summed E-state index contributed by atoms with van der Waals surface area (Å²) in [5, 5.41) is 11.0. The van der Waals surface area contributed by atoms with E-state index in [1.54, 1.807) is 0 Å². The second-order valence-electron chi connectivity index (χ2n) is 4.23. The third-order valence-electron chi connectivity index (χ3n) is 2.92. The molecule has 1 N–H and O–H groups in total. The van der Waals surface area contributed by atoms with E-state index in [0.29, 0.717) is 15.0 Å². The van der Waals surface area contributed by atoms with Crippen LogP contribution in [0.3, 0.4) is 0 Å². The molecule has 0 aliphatic heterocycles. The summed E-state index contributed by atoms with van der Waals surface area (Å²) in [7, 11) is 0. The van der Waals surface area contributed by atoms with Crippen molar-refractivity contribution in [2.45, 2.75) is 24.8 Å².